The fourth-order valence-electron chi connectivity index (χ4n) is 1.38. The summed E-state index contributed by atoms with van der Waals surface area (Å²) in [4.78, 5) is 17.2. The lowest BCUT2D eigenvalue weighted by Gasteiger charge is -2.18. The van der Waals surface area contributed by atoms with Crippen LogP contribution in [0.5, 0.6) is 0 Å². The molecule has 5 heteroatoms. The van der Waals surface area contributed by atoms with Gasteiger partial charge >= 0.3 is 0 Å². The van der Waals surface area contributed by atoms with Gasteiger partial charge in [0.05, 0.1) is 0 Å². The van der Waals surface area contributed by atoms with Crippen molar-refractivity contribution in [3.8, 4) is 0 Å². The molecular formula is C11H18N4O. The molecule has 0 spiro atoms. The predicted octanol–water partition coefficient (Wildman–Crippen LogP) is 0.226. The highest BCUT2D eigenvalue weighted by Gasteiger charge is 2.06. The van der Waals surface area contributed by atoms with E-state index >= 15 is 0 Å². The topological polar surface area (TPSA) is 71.2 Å². The third-order valence-electron chi connectivity index (χ3n) is 2.30. The van der Waals surface area contributed by atoms with Crippen LogP contribution in [0, 0.1) is 0 Å². The van der Waals surface area contributed by atoms with Crippen LogP contribution in [0.4, 0.5) is 5.82 Å². The molecule has 0 saturated carbocycles. The summed E-state index contributed by atoms with van der Waals surface area (Å²) in [6.07, 6.45) is 1.02. The monoisotopic (exact) mass is 222 g/mol. The van der Waals surface area contributed by atoms with Gasteiger partial charge in [0.25, 0.3) is 5.91 Å². The minimum Gasteiger partial charge on any atom is -0.364 e. The second-order valence-electron chi connectivity index (χ2n) is 3.62. The zero-order valence-corrected chi connectivity index (χ0v) is 9.73. The third kappa shape index (κ3) is 3.51. The Morgan fingerprint density at radius 1 is 1.56 bits per heavy atom. The van der Waals surface area contributed by atoms with E-state index < -0.39 is 5.91 Å². The molecule has 0 fully saturated rings. The summed E-state index contributed by atoms with van der Waals surface area (Å²) in [7, 11) is 3.87. The number of amides is 1. The Morgan fingerprint density at radius 2 is 2.31 bits per heavy atom. The van der Waals surface area contributed by atoms with Crippen molar-refractivity contribution >= 4 is 11.7 Å². The number of rotatable bonds is 6. The number of nitrogens with zero attached hydrogens (tertiary/aromatic N) is 2. The number of carbonyl (C=O) groups is 1. The minimum atomic E-state index is -0.495. The van der Waals surface area contributed by atoms with Crippen molar-refractivity contribution in [3.63, 3.8) is 0 Å². The first-order valence-electron chi connectivity index (χ1n) is 5.27. The van der Waals surface area contributed by atoms with E-state index in [0.29, 0.717) is 5.69 Å². The van der Waals surface area contributed by atoms with Crippen LogP contribution < -0.4 is 16.0 Å². The van der Waals surface area contributed by atoms with Gasteiger partial charge in [-0.3, -0.25) is 4.79 Å². The van der Waals surface area contributed by atoms with E-state index in [1.165, 1.54) is 0 Å². The van der Waals surface area contributed by atoms with Gasteiger partial charge in [-0.05, 0) is 32.1 Å². The molecule has 1 heterocycles. The van der Waals surface area contributed by atoms with Gasteiger partial charge in [-0.2, -0.15) is 0 Å². The summed E-state index contributed by atoms with van der Waals surface area (Å²) < 4.78 is 0. The van der Waals surface area contributed by atoms with Gasteiger partial charge < -0.3 is 16.0 Å². The molecule has 0 aliphatic heterocycles. The van der Waals surface area contributed by atoms with E-state index in [9.17, 15) is 4.79 Å². The predicted molar refractivity (Wildman–Crippen MR) is 64.6 cm³/mol. The summed E-state index contributed by atoms with van der Waals surface area (Å²) >= 11 is 0. The summed E-state index contributed by atoms with van der Waals surface area (Å²) in [5, 5.41) is 3.08. The molecule has 0 saturated heterocycles. The van der Waals surface area contributed by atoms with Crippen LogP contribution in [0.2, 0.25) is 0 Å². The Bertz CT molecular complexity index is 354. The average Bonchev–Trinajstić information content (AvgIpc) is 2.29. The first-order chi connectivity index (χ1) is 7.65. The molecule has 1 aromatic heterocycles. The molecule has 88 valence electrons. The van der Waals surface area contributed by atoms with Crippen molar-refractivity contribution in [2.75, 3.05) is 32.1 Å². The molecule has 0 atom stereocenters. The molecule has 0 aliphatic rings. The average molecular weight is 222 g/mol. The number of nitrogens with one attached hydrogen (secondary N) is 1. The molecule has 0 unspecified atom stereocenters. The maximum absolute atomic E-state index is 11.0. The molecular weight excluding hydrogens is 204 g/mol. The van der Waals surface area contributed by atoms with Crippen LogP contribution in [0.1, 0.15) is 16.9 Å². The number of primary amides is 1. The first kappa shape index (κ1) is 12.4. The fourth-order valence-corrected chi connectivity index (χ4v) is 1.38. The quantitative estimate of drug-likeness (QED) is 0.676. The van der Waals surface area contributed by atoms with Gasteiger partial charge in [0, 0.05) is 13.6 Å². The Hall–Kier alpha value is -1.62. The highest BCUT2D eigenvalue weighted by Crippen LogP contribution is 2.09. The molecule has 1 amide bonds. The molecule has 0 bridgehead atoms. The van der Waals surface area contributed by atoms with Crippen LogP contribution in [0.15, 0.2) is 18.2 Å². The van der Waals surface area contributed by atoms with Crippen molar-refractivity contribution in [1.29, 1.82) is 0 Å². The van der Waals surface area contributed by atoms with Gasteiger partial charge in [0.2, 0.25) is 0 Å². The first-order valence-corrected chi connectivity index (χ1v) is 5.27. The second kappa shape index (κ2) is 6.07. The molecule has 3 N–H and O–H groups in total. The number of aromatic nitrogens is 1. The van der Waals surface area contributed by atoms with Gasteiger partial charge in [-0.1, -0.05) is 6.07 Å². The number of anilines is 1. The molecule has 5 nitrogen and oxygen atoms in total. The van der Waals surface area contributed by atoms with E-state index in [4.69, 9.17) is 5.73 Å². The Kier molecular flexibility index (Phi) is 4.72. The zero-order chi connectivity index (χ0) is 12.0. The van der Waals surface area contributed by atoms with Crippen LogP contribution in [0.25, 0.3) is 0 Å². The molecule has 0 aromatic carbocycles. The van der Waals surface area contributed by atoms with Gasteiger partial charge in [-0.15, -0.1) is 0 Å². The van der Waals surface area contributed by atoms with E-state index in [2.05, 4.69) is 10.3 Å². The molecule has 1 aromatic rings. The Morgan fingerprint density at radius 3 is 2.94 bits per heavy atom. The maximum atomic E-state index is 11.0. The summed E-state index contributed by atoms with van der Waals surface area (Å²) in [6, 6.07) is 5.27. The highest BCUT2D eigenvalue weighted by atomic mass is 16.1. The minimum absolute atomic E-state index is 0.304. The SMILES string of the molecule is CNCCCN(C)c1cccc(C(N)=O)n1. The van der Waals surface area contributed by atoms with Gasteiger partial charge in [-0.25, -0.2) is 4.98 Å². The van der Waals surface area contributed by atoms with E-state index in [1.54, 1.807) is 12.1 Å². The standard InChI is InChI=1S/C11H18N4O/c1-13-7-4-8-15(2)10-6-3-5-9(14-10)11(12)16/h3,5-6,13H,4,7-8H2,1-2H3,(H2,12,16). The number of hydrogen-bond donors (Lipinski definition) is 2. The van der Waals surface area contributed by atoms with Crippen molar-refractivity contribution in [3.05, 3.63) is 23.9 Å². The maximum Gasteiger partial charge on any atom is 0.267 e. The number of hydrogen-bond acceptors (Lipinski definition) is 4. The lowest BCUT2D eigenvalue weighted by molar-refractivity contribution is 0.0995. The smallest absolute Gasteiger partial charge is 0.267 e. The van der Waals surface area contributed by atoms with Crippen molar-refractivity contribution < 1.29 is 4.79 Å². The molecule has 1 rings (SSSR count). The highest BCUT2D eigenvalue weighted by molar-refractivity contribution is 5.91. The number of pyridine rings is 1. The normalized spacial score (nSPS) is 10.1. The van der Waals surface area contributed by atoms with Crippen LogP contribution in [-0.2, 0) is 0 Å². The Labute approximate surface area is 95.7 Å². The number of carbonyl (C=O) groups excluding carboxylic acids is 1. The zero-order valence-electron chi connectivity index (χ0n) is 9.73. The number of nitrogens with two attached hydrogens (primary N) is 1. The second-order valence-corrected chi connectivity index (χ2v) is 3.62. The van der Waals surface area contributed by atoms with Gasteiger partial charge in [0.15, 0.2) is 0 Å². The third-order valence-corrected chi connectivity index (χ3v) is 2.30. The van der Waals surface area contributed by atoms with Crippen molar-refractivity contribution in [2.24, 2.45) is 5.73 Å². The van der Waals surface area contributed by atoms with Crippen LogP contribution in [-0.4, -0.2) is 38.1 Å². The molecule has 16 heavy (non-hydrogen) atoms. The largest absolute Gasteiger partial charge is 0.364 e. The fraction of sp³-hybridized carbons (Fsp3) is 0.455. The van der Waals surface area contributed by atoms with Crippen molar-refractivity contribution in [1.82, 2.24) is 10.3 Å². The lowest BCUT2D eigenvalue weighted by Crippen LogP contribution is -2.24. The van der Waals surface area contributed by atoms with Crippen molar-refractivity contribution in [2.45, 2.75) is 6.42 Å². The van der Waals surface area contributed by atoms with Gasteiger partial charge in [0.1, 0.15) is 11.5 Å². The summed E-state index contributed by atoms with van der Waals surface area (Å²) in [5.41, 5.74) is 5.48. The molecule has 0 radical (unpaired) electrons. The molecule has 0 aliphatic carbocycles. The van der Waals surface area contributed by atoms with E-state index in [0.717, 1.165) is 25.3 Å². The van der Waals surface area contributed by atoms with Crippen LogP contribution in [0.3, 0.4) is 0 Å². The van der Waals surface area contributed by atoms with E-state index in [-0.39, 0.29) is 0 Å². The Balaban J connectivity index is 2.64. The summed E-state index contributed by atoms with van der Waals surface area (Å²) in [6.45, 7) is 1.84. The van der Waals surface area contributed by atoms with Crippen LogP contribution >= 0.6 is 0 Å². The lowest BCUT2D eigenvalue weighted by atomic mass is 10.3. The summed E-state index contributed by atoms with van der Waals surface area (Å²) in [5.74, 6) is 0.276. The van der Waals surface area contributed by atoms with E-state index in [1.807, 2.05) is 25.1 Å².